The van der Waals surface area contributed by atoms with Gasteiger partial charge in [-0.25, -0.2) is 4.79 Å². The summed E-state index contributed by atoms with van der Waals surface area (Å²) in [6.45, 7) is 4.01. The maximum Gasteiger partial charge on any atom is 0.409 e. The van der Waals surface area contributed by atoms with Crippen molar-refractivity contribution in [1.29, 1.82) is 0 Å². The summed E-state index contributed by atoms with van der Waals surface area (Å²) in [5.41, 5.74) is 0.851. The highest BCUT2D eigenvalue weighted by Gasteiger charge is 2.25. The van der Waals surface area contributed by atoms with Crippen molar-refractivity contribution in [3.05, 3.63) is 30.3 Å². The molecule has 0 spiro atoms. The molecule has 2 heterocycles. The molecule has 0 bridgehead atoms. The van der Waals surface area contributed by atoms with Gasteiger partial charge in [-0.1, -0.05) is 30.3 Å². The molecular formula is C16H20N6O3. The van der Waals surface area contributed by atoms with Crippen LogP contribution in [0, 0.1) is 0 Å². The minimum absolute atomic E-state index is 0.0270. The molecule has 1 aliphatic rings. The first-order valence-corrected chi connectivity index (χ1v) is 8.20. The summed E-state index contributed by atoms with van der Waals surface area (Å²) in [6.07, 6.45) is -0.333. The van der Waals surface area contributed by atoms with E-state index >= 15 is 0 Å². The van der Waals surface area contributed by atoms with Gasteiger partial charge in [-0.05, 0) is 12.1 Å². The van der Waals surface area contributed by atoms with E-state index in [1.165, 1.54) is 4.80 Å². The lowest BCUT2D eigenvalue weighted by Crippen LogP contribution is -2.51. The zero-order valence-electron chi connectivity index (χ0n) is 14.0. The molecule has 1 aliphatic heterocycles. The first-order valence-electron chi connectivity index (χ1n) is 8.20. The van der Waals surface area contributed by atoms with Gasteiger partial charge in [-0.15, -0.1) is 10.2 Å². The zero-order chi connectivity index (χ0) is 17.6. The number of carbonyl (C=O) groups is 2. The Labute approximate surface area is 145 Å². The summed E-state index contributed by atoms with van der Waals surface area (Å²) in [7, 11) is 0. The quantitative estimate of drug-likeness (QED) is 0.808. The van der Waals surface area contributed by atoms with Crippen LogP contribution in [-0.2, 0) is 16.1 Å². The van der Waals surface area contributed by atoms with E-state index in [-0.39, 0.29) is 18.5 Å². The smallest absolute Gasteiger partial charge is 0.409 e. The first kappa shape index (κ1) is 16.9. The summed E-state index contributed by atoms with van der Waals surface area (Å²) in [5.74, 6) is 0.390. The third kappa shape index (κ3) is 4.11. The fourth-order valence-corrected chi connectivity index (χ4v) is 2.59. The molecule has 2 aromatic rings. The fourth-order valence-electron chi connectivity index (χ4n) is 2.59. The van der Waals surface area contributed by atoms with E-state index in [1.54, 1.807) is 16.7 Å². The Morgan fingerprint density at radius 1 is 1.08 bits per heavy atom. The average molecular weight is 344 g/mol. The maximum atomic E-state index is 12.4. The molecule has 0 N–H and O–H groups in total. The van der Waals surface area contributed by atoms with Crippen molar-refractivity contribution in [2.75, 3.05) is 32.8 Å². The SMILES string of the molecule is CCOC(=O)N1CCN(C(=O)Cn2nnc(-c3ccccc3)n2)CC1. The Kier molecular flexibility index (Phi) is 5.22. The lowest BCUT2D eigenvalue weighted by molar-refractivity contribution is -0.133. The summed E-state index contributed by atoms with van der Waals surface area (Å²) in [4.78, 5) is 28.6. The molecule has 1 fully saturated rings. The number of carbonyl (C=O) groups excluding carboxylic acids is 2. The predicted octanol–water partition coefficient (Wildman–Crippen LogP) is 0.641. The van der Waals surface area contributed by atoms with Crippen LogP contribution in [0.2, 0.25) is 0 Å². The van der Waals surface area contributed by atoms with Gasteiger partial charge in [0, 0.05) is 31.7 Å². The van der Waals surface area contributed by atoms with E-state index in [2.05, 4.69) is 15.4 Å². The highest BCUT2D eigenvalue weighted by molar-refractivity contribution is 5.76. The van der Waals surface area contributed by atoms with Crippen LogP contribution in [0.15, 0.2) is 30.3 Å². The Morgan fingerprint density at radius 3 is 2.44 bits per heavy atom. The number of hydrogen-bond acceptors (Lipinski definition) is 6. The number of piperazine rings is 1. The third-order valence-corrected chi connectivity index (χ3v) is 3.92. The lowest BCUT2D eigenvalue weighted by Gasteiger charge is -2.33. The molecule has 1 aromatic carbocycles. The molecule has 0 atom stereocenters. The van der Waals surface area contributed by atoms with E-state index in [0.717, 1.165) is 5.56 Å². The largest absolute Gasteiger partial charge is 0.450 e. The Morgan fingerprint density at radius 2 is 1.76 bits per heavy atom. The standard InChI is InChI=1S/C16H20N6O3/c1-2-25-16(24)21-10-8-20(9-11-21)14(23)12-22-18-15(17-19-22)13-6-4-3-5-7-13/h3-7H,2,8-12H2,1H3. The third-order valence-electron chi connectivity index (χ3n) is 3.92. The summed E-state index contributed by atoms with van der Waals surface area (Å²) in [5, 5.41) is 12.2. The van der Waals surface area contributed by atoms with Gasteiger partial charge >= 0.3 is 6.09 Å². The molecular weight excluding hydrogens is 324 g/mol. The molecule has 3 rings (SSSR count). The number of tetrazole rings is 1. The molecule has 1 aromatic heterocycles. The van der Waals surface area contributed by atoms with Gasteiger partial charge in [0.2, 0.25) is 11.7 Å². The number of rotatable bonds is 4. The summed E-state index contributed by atoms with van der Waals surface area (Å²) in [6, 6.07) is 9.47. The molecule has 9 heteroatoms. The monoisotopic (exact) mass is 344 g/mol. The van der Waals surface area contributed by atoms with Gasteiger partial charge in [0.25, 0.3) is 0 Å². The number of amides is 2. The van der Waals surface area contributed by atoms with E-state index in [1.807, 2.05) is 30.3 Å². The number of hydrogen-bond donors (Lipinski definition) is 0. The Balaban J connectivity index is 1.54. The minimum atomic E-state index is -0.333. The molecule has 0 radical (unpaired) electrons. The zero-order valence-corrected chi connectivity index (χ0v) is 14.0. The highest BCUT2D eigenvalue weighted by atomic mass is 16.6. The maximum absolute atomic E-state index is 12.4. The van der Waals surface area contributed by atoms with Crippen molar-refractivity contribution in [3.63, 3.8) is 0 Å². The number of aromatic nitrogens is 4. The van der Waals surface area contributed by atoms with Gasteiger partial charge in [0.15, 0.2) is 0 Å². The van der Waals surface area contributed by atoms with Gasteiger partial charge < -0.3 is 14.5 Å². The molecule has 0 unspecified atom stereocenters. The second-order valence-electron chi connectivity index (χ2n) is 5.58. The van der Waals surface area contributed by atoms with Crippen molar-refractivity contribution >= 4 is 12.0 Å². The van der Waals surface area contributed by atoms with Crippen LogP contribution in [0.4, 0.5) is 4.79 Å². The van der Waals surface area contributed by atoms with Crippen LogP contribution >= 0.6 is 0 Å². The van der Waals surface area contributed by atoms with Crippen molar-refractivity contribution < 1.29 is 14.3 Å². The topological polar surface area (TPSA) is 93.5 Å². The molecule has 25 heavy (non-hydrogen) atoms. The first-order chi connectivity index (χ1) is 12.2. The molecule has 1 saturated heterocycles. The van der Waals surface area contributed by atoms with Crippen LogP contribution in [0.1, 0.15) is 6.92 Å². The van der Waals surface area contributed by atoms with Crippen LogP contribution in [0.5, 0.6) is 0 Å². The summed E-state index contributed by atoms with van der Waals surface area (Å²) >= 11 is 0. The minimum Gasteiger partial charge on any atom is -0.450 e. The van der Waals surface area contributed by atoms with E-state index in [0.29, 0.717) is 38.6 Å². The Hall–Kier alpha value is -2.97. The lowest BCUT2D eigenvalue weighted by atomic mass is 10.2. The van der Waals surface area contributed by atoms with Crippen LogP contribution in [0.3, 0.4) is 0 Å². The normalized spacial score (nSPS) is 14.4. The highest BCUT2D eigenvalue weighted by Crippen LogP contribution is 2.12. The van der Waals surface area contributed by atoms with E-state index < -0.39 is 0 Å². The van der Waals surface area contributed by atoms with E-state index in [9.17, 15) is 9.59 Å². The molecule has 9 nitrogen and oxygen atoms in total. The average Bonchev–Trinajstić information content (AvgIpc) is 3.11. The van der Waals surface area contributed by atoms with Crippen molar-refractivity contribution in [2.45, 2.75) is 13.5 Å². The molecule has 2 amide bonds. The second kappa shape index (κ2) is 7.73. The number of benzene rings is 1. The van der Waals surface area contributed by atoms with Gasteiger partial charge in [-0.3, -0.25) is 4.79 Å². The van der Waals surface area contributed by atoms with Crippen LogP contribution in [0.25, 0.3) is 11.4 Å². The van der Waals surface area contributed by atoms with Gasteiger partial charge in [-0.2, -0.15) is 4.80 Å². The number of nitrogens with zero attached hydrogens (tertiary/aromatic N) is 6. The summed E-state index contributed by atoms with van der Waals surface area (Å²) < 4.78 is 4.97. The predicted molar refractivity (Wildman–Crippen MR) is 88.4 cm³/mol. The fraction of sp³-hybridized carbons (Fsp3) is 0.438. The van der Waals surface area contributed by atoms with Crippen molar-refractivity contribution in [3.8, 4) is 11.4 Å². The Bertz CT molecular complexity index is 724. The molecule has 0 saturated carbocycles. The second-order valence-corrected chi connectivity index (χ2v) is 5.58. The van der Waals surface area contributed by atoms with Crippen LogP contribution in [-0.4, -0.2) is 74.8 Å². The van der Waals surface area contributed by atoms with Gasteiger partial charge in [0.1, 0.15) is 6.54 Å². The van der Waals surface area contributed by atoms with Gasteiger partial charge in [0.05, 0.1) is 6.61 Å². The van der Waals surface area contributed by atoms with Crippen molar-refractivity contribution in [1.82, 2.24) is 30.0 Å². The van der Waals surface area contributed by atoms with Crippen molar-refractivity contribution in [2.24, 2.45) is 0 Å². The van der Waals surface area contributed by atoms with Crippen LogP contribution < -0.4 is 0 Å². The molecule has 132 valence electrons. The molecule has 0 aliphatic carbocycles. The van der Waals surface area contributed by atoms with E-state index in [4.69, 9.17) is 4.74 Å². The number of ether oxygens (including phenoxy) is 1.